The quantitative estimate of drug-likeness (QED) is 0.455. The summed E-state index contributed by atoms with van der Waals surface area (Å²) in [5, 5.41) is 2.92. The maximum Gasteiger partial charge on any atom is 0.401 e. The highest BCUT2D eigenvalue weighted by molar-refractivity contribution is 14.0. The normalized spacial score (nSPS) is 20.1. The molecule has 0 bridgehead atoms. The largest absolute Gasteiger partial charge is 0.401 e. The van der Waals surface area contributed by atoms with Gasteiger partial charge in [0.15, 0.2) is 5.96 Å². The summed E-state index contributed by atoms with van der Waals surface area (Å²) >= 11 is 0. The number of rotatable bonds is 3. The van der Waals surface area contributed by atoms with Crippen LogP contribution in [0, 0.1) is 0 Å². The number of para-hydroxylation sites is 1. The molecule has 0 spiro atoms. The van der Waals surface area contributed by atoms with E-state index in [1.54, 1.807) is 0 Å². The van der Waals surface area contributed by atoms with Crippen molar-refractivity contribution in [3.05, 3.63) is 30.3 Å². The van der Waals surface area contributed by atoms with E-state index in [0.29, 0.717) is 13.0 Å². The number of alkyl halides is 3. The van der Waals surface area contributed by atoms with Crippen LogP contribution < -0.4 is 11.1 Å². The Labute approximate surface area is 138 Å². The summed E-state index contributed by atoms with van der Waals surface area (Å²) in [4.78, 5) is 5.58. The van der Waals surface area contributed by atoms with E-state index >= 15 is 0 Å². The first-order valence-electron chi connectivity index (χ1n) is 6.37. The fourth-order valence-corrected chi connectivity index (χ4v) is 2.21. The van der Waals surface area contributed by atoms with Gasteiger partial charge in [0.25, 0.3) is 0 Å². The van der Waals surface area contributed by atoms with Crippen molar-refractivity contribution in [2.45, 2.75) is 18.6 Å². The van der Waals surface area contributed by atoms with Gasteiger partial charge in [-0.2, -0.15) is 13.2 Å². The van der Waals surface area contributed by atoms with Crippen LogP contribution in [0.1, 0.15) is 6.42 Å². The fourth-order valence-electron chi connectivity index (χ4n) is 2.21. The lowest BCUT2D eigenvalue weighted by Gasteiger charge is -2.17. The number of hydrogen-bond donors (Lipinski definition) is 2. The highest BCUT2D eigenvalue weighted by Gasteiger charge is 2.34. The summed E-state index contributed by atoms with van der Waals surface area (Å²) in [6, 6.07) is 9.09. The topological polar surface area (TPSA) is 53.6 Å². The Balaban J connectivity index is 0.00000220. The molecule has 1 aliphatic rings. The van der Waals surface area contributed by atoms with E-state index in [2.05, 4.69) is 10.3 Å². The molecule has 1 saturated heterocycles. The number of anilines is 1. The predicted molar refractivity (Wildman–Crippen MR) is 88.0 cm³/mol. The van der Waals surface area contributed by atoms with Crippen molar-refractivity contribution in [2.75, 3.05) is 25.0 Å². The zero-order valence-electron chi connectivity index (χ0n) is 11.3. The molecule has 21 heavy (non-hydrogen) atoms. The van der Waals surface area contributed by atoms with E-state index in [4.69, 9.17) is 5.73 Å². The van der Waals surface area contributed by atoms with Crippen molar-refractivity contribution in [1.82, 2.24) is 4.90 Å². The van der Waals surface area contributed by atoms with E-state index in [0.717, 1.165) is 5.69 Å². The van der Waals surface area contributed by atoms with Crippen LogP contribution in [0.5, 0.6) is 0 Å². The Morgan fingerprint density at radius 2 is 2.00 bits per heavy atom. The highest BCUT2D eigenvalue weighted by atomic mass is 127. The van der Waals surface area contributed by atoms with Crippen LogP contribution in [0.3, 0.4) is 0 Å². The lowest BCUT2D eigenvalue weighted by molar-refractivity contribution is -0.143. The van der Waals surface area contributed by atoms with Gasteiger partial charge < -0.3 is 11.1 Å². The van der Waals surface area contributed by atoms with Crippen molar-refractivity contribution < 1.29 is 13.2 Å². The first-order chi connectivity index (χ1) is 9.42. The molecular weight excluding hydrogens is 396 g/mol. The second-order valence-electron chi connectivity index (χ2n) is 4.80. The summed E-state index contributed by atoms with van der Waals surface area (Å²) in [7, 11) is 0. The monoisotopic (exact) mass is 414 g/mol. The molecular formula is C13H18F3IN4. The molecule has 1 heterocycles. The van der Waals surface area contributed by atoms with E-state index in [1.165, 1.54) is 4.90 Å². The molecule has 0 radical (unpaired) electrons. The van der Waals surface area contributed by atoms with E-state index in [-0.39, 0.29) is 42.5 Å². The van der Waals surface area contributed by atoms with Crippen molar-refractivity contribution >= 4 is 35.6 Å². The molecule has 1 fully saturated rings. The third-order valence-corrected chi connectivity index (χ3v) is 3.02. The van der Waals surface area contributed by atoms with Gasteiger partial charge >= 0.3 is 6.18 Å². The van der Waals surface area contributed by atoms with Gasteiger partial charge in [0.2, 0.25) is 0 Å². The van der Waals surface area contributed by atoms with Crippen LogP contribution >= 0.6 is 24.0 Å². The number of guanidine groups is 1. The molecule has 0 aromatic heterocycles. The third kappa shape index (κ3) is 6.51. The first kappa shape index (κ1) is 18.0. The predicted octanol–water partition coefficient (Wildman–Crippen LogP) is 2.67. The van der Waals surface area contributed by atoms with Crippen LogP contribution in [0.25, 0.3) is 0 Å². The van der Waals surface area contributed by atoms with Gasteiger partial charge in [0.05, 0.1) is 12.6 Å². The molecule has 4 nitrogen and oxygen atoms in total. The highest BCUT2D eigenvalue weighted by Crippen LogP contribution is 2.21. The maximum absolute atomic E-state index is 12.3. The van der Waals surface area contributed by atoms with Crippen LogP contribution in [-0.4, -0.2) is 42.7 Å². The second-order valence-corrected chi connectivity index (χ2v) is 4.80. The molecule has 1 aliphatic heterocycles. The van der Waals surface area contributed by atoms with E-state index in [1.807, 2.05) is 30.3 Å². The Kier molecular flexibility index (Phi) is 6.72. The number of benzene rings is 1. The number of halogens is 4. The molecule has 118 valence electrons. The summed E-state index contributed by atoms with van der Waals surface area (Å²) in [6.07, 6.45) is -3.57. The number of likely N-dealkylation sites (tertiary alicyclic amines) is 1. The molecule has 8 heteroatoms. The number of hydrogen-bond acceptors (Lipinski definition) is 2. The second kappa shape index (κ2) is 7.83. The maximum atomic E-state index is 12.3. The van der Waals surface area contributed by atoms with Crippen molar-refractivity contribution in [2.24, 2.45) is 10.7 Å². The van der Waals surface area contributed by atoms with E-state index in [9.17, 15) is 13.2 Å². The Bertz CT molecular complexity index is 464. The summed E-state index contributed by atoms with van der Waals surface area (Å²) < 4.78 is 36.8. The standard InChI is InChI=1S/C13H17F3N4.HI/c14-13(15,16)9-20-7-6-11(8-20)19-12(17)18-10-4-2-1-3-5-10;/h1-5,11H,6-9H2,(H3,17,18,19);1H. The van der Waals surface area contributed by atoms with Crippen LogP contribution in [-0.2, 0) is 0 Å². The van der Waals surface area contributed by atoms with Crippen LogP contribution in [0.4, 0.5) is 18.9 Å². The first-order valence-corrected chi connectivity index (χ1v) is 6.37. The molecule has 0 saturated carbocycles. The zero-order valence-corrected chi connectivity index (χ0v) is 13.6. The molecule has 2 rings (SSSR count). The Hall–Kier alpha value is -1.03. The average Bonchev–Trinajstić information content (AvgIpc) is 2.75. The number of nitrogens with one attached hydrogen (secondary N) is 1. The van der Waals surface area contributed by atoms with Crippen molar-refractivity contribution in [3.8, 4) is 0 Å². The fraction of sp³-hybridized carbons (Fsp3) is 0.462. The lowest BCUT2D eigenvalue weighted by Crippen LogP contribution is -2.33. The van der Waals surface area contributed by atoms with Crippen LogP contribution in [0.15, 0.2) is 35.3 Å². The molecule has 0 aliphatic carbocycles. The molecule has 1 aromatic rings. The molecule has 1 atom stereocenters. The van der Waals surface area contributed by atoms with Gasteiger partial charge in [-0.1, -0.05) is 18.2 Å². The minimum absolute atomic E-state index is 0. The smallest absolute Gasteiger partial charge is 0.370 e. The van der Waals surface area contributed by atoms with Gasteiger partial charge in [-0.15, -0.1) is 24.0 Å². The minimum atomic E-state index is -4.16. The zero-order chi connectivity index (χ0) is 14.6. The lowest BCUT2D eigenvalue weighted by atomic mass is 10.3. The molecule has 0 amide bonds. The van der Waals surface area contributed by atoms with Gasteiger partial charge in [-0.3, -0.25) is 4.90 Å². The summed E-state index contributed by atoms with van der Waals surface area (Å²) in [5.41, 5.74) is 6.56. The van der Waals surface area contributed by atoms with Gasteiger partial charge in [0, 0.05) is 18.8 Å². The Morgan fingerprint density at radius 3 is 2.62 bits per heavy atom. The summed E-state index contributed by atoms with van der Waals surface area (Å²) in [6.45, 7) is -0.200. The molecule has 1 unspecified atom stereocenters. The van der Waals surface area contributed by atoms with Gasteiger partial charge in [-0.25, -0.2) is 4.99 Å². The third-order valence-electron chi connectivity index (χ3n) is 3.02. The molecule has 3 N–H and O–H groups in total. The van der Waals surface area contributed by atoms with Crippen molar-refractivity contribution in [1.29, 1.82) is 0 Å². The minimum Gasteiger partial charge on any atom is -0.370 e. The van der Waals surface area contributed by atoms with E-state index < -0.39 is 12.7 Å². The summed E-state index contributed by atoms with van der Waals surface area (Å²) in [5.74, 6) is 0.232. The Morgan fingerprint density at radius 1 is 1.33 bits per heavy atom. The SMILES string of the molecule is I.NC(=NC1CCN(CC(F)(F)F)C1)Nc1ccccc1. The van der Waals surface area contributed by atoms with Gasteiger partial charge in [-0.05, 0) is 18.6 Å². The number of nitrogens with two attached hydrogens (primary N) is 1. The van der Waals surface area contributed by atoms with Gasteiger partial charge in [0.1, 0.15) is 0 Å². The number of aliphatic imine (C=N–C) groups is 1. The molecule has 1 aromatic carbocycles. The van der Waals surface area contributed by atoms with Crippen LogP contribution in [0.2, 0.25) is 0 Å². The average molecular weight is 414 g/mol. The number of nitrogens with zero attached hydrogens (tertiary/aromatic N) is 2. The van der Waals surface area contributed by atoms with Crippen molar-refractivity contribution in [3.63, 3.8) is 0 Å².